The molecule has 0 atom stereocenters. The second kappa shape index (κ2) is 8.18. The molecule has 0 saturated carbocycles. The summed E-state index contributed by atoms with van der Waals surface area (Å²) in [6, 6.07) is 14.1. The number of fused-ring (bicyclic) bond motifs is 1. The van der Waals surface area contributed by atoms with Gasteiger partial charge in [-0.05, 0) is 30.7 Å². The molecule has 2 N–H and O–H groups in total. The van der Waals surface area contributed by atoms with Crippen molar-refractivity contribution in [1.82, 2.24) is 10.9 Å². The molecule has 3 aromatic rings. The Morgan fingerprint density at radius 2 is 1.81 bits per heavy atom. The Kier molecular flexibility index (Phi) is 5.51. The van der Waals surface area contributed by atoms with Crippen molar-refractivity contribution in [3.8, 4) is 0 Å². The van der Waals surface area contributed by atoms with Crippen molar-refractivity contribution in [2.75, 3.05) is 6.61 Å². The van der Waals surface area contributed by atoms with Gasteiger partial charge in [-0.2, -0.15) is 0 Å². The molecule has 27 heavy (non-hydrogen) atoms. The van der Waals surface area contributed by atoms with Gasteiger partial charge in [0.05, 0.1) is 12.7 Å². The Bertz CT molecular complexity index is 978. The van der Waals surface area contributed by atoms with Gasteiger partial charge in [0, 0.05) is 16.5 Å². The average molecular weight is 366 g/mol. The molecule has 0 aliphatic rings. The quantitative estimate of drug-likeness (QED) is 0.533. The molecule has 0 unspecified atom stereocenters. The number of aryl methyl sites for hydroxylation is 1. The van der Waals surface area contributed by atoms with E-state index in [0.717, 1.165) is 10.9 Å². The number of nitrogens with one attached hydrogen (secondary N) is 2. The first kappa shape index (κ1) is 18.2. The van der Waals surface area contributed by atoms with Gasteiger partial charge in [-0.3, -0.25) is 25.2 Å². The molecule has 7 nitrogen and oxygen atoms in total. The second-order valence-electron chi connectivity index (χ2n) is 5.97. The van der Waals surface area contributed by atoms with Crippen molar-refractivity contribution in [3.05, 3.63) is 71.5 Å². The summed E-state index contributed by atoms with van der Waals surface area (Å²) in [5.74, 6) is -1.67. The maximum atomic E-state index is 12.0. The minimum atomic E-state index is -0.639. The maximum Gasteiger partial charge on any atom is 0.310 e. The predicted octanol–water partition coefficient (Wildman–Crippen LogP) is 2.29. The third-order valence-electron chi connectivity index (χ3n) is 3.86. The Labute approximate surface area is 155 Å². The van der Waals surface area contributed by atoms with E-state index in [1.54, 1.807) is 30.3 Å². The van der Waals surface area contributed by atoms with E-state index in [-0.39, 0.29) is 6.42 Å². The third-order valence-corrected chi connectivity index (χ3v) is 3.86. The molecule has 138 valence electrons. The zero-order valence-electron chi connectivity index (χ0n) is 14.7. The summed E-state index contributed by atoms with van der Waals surface area (Å²) in [6.07, 6.45) is 1.49. The number of rotatable bonds is 5. The fourth-order valence-corrected chi connectivity index (χ4v) is 2.50. The molecule has 1 aromatic heterocycles. The van der Waals surface area contributed by atoms with Gasteiger partial charge in [0.2, 0.25) is 0 Å². The standard InChI is InChI=1S/C20H18N2O5/c1-13-7-8-16-15(11-26-17(16)9-13)10-19(24)27-12-18(23)21-22-20(25)14-5-3-2-4-6-14/h2-9,11H,10,12H2,1H3,(H,21,23)(H,22,25). The number of amides is 2. The fraction of sp³-hybridized carbons (Fsp3) is 0.150. The summed E-state index contributed by atoms with van der Waals surface area (Å²) < 4.78 is 10.4. The van der Waals surface area contributed by atoms with Gasteiger partial charge in [0.1, 0.15) is 5.58 Å². The number of benzene rings is 2. The largest absolute Gasteiger partial charge is 0.464 e. The number of carbonyl (C=O) groups excluding carboxylic acids is 3. The Balaban J connectivity index is 1.45. The molecule has 3 rings (SSSR count). The molecule has 0 fully saturated rings. The highest BCUT2D eigenvalue weighted by Crippen LogP contribution is 2.22. The summed E-state index contributed by atoms with van der Waals surface area (Å²) in [5, 5.41) is 0.831. The van der Waals surface area contributed by atoms with Crippen LogP contribution in [0, 0.1) is 6.92 Å². The molecule has 0 bridgehead atoms. The Morgan fingerprint density at radius 1 is 1.04 bits per heavy atom. The normalized spacial score (nSPS) is 10.4. The van der Waals surface area contributed by atoms with Crippen LogP contribution >= 0.6 is 0 Å². The van der Waals surface area contributed by atoms with Crippen LogP contribution in [0.2, 0.25) is 0 Å². The molecule has 2 amide bonds. The second-order valence-corrected chi connectivity index (χ2v) is 5.97. The molecule has 7 heteroatoms. The molecular formula is C20H18N2O5. The lowest BCUT2D eigenvalue weighted by molar-refractivity contribution is -0.148. The van der Waals surface area contributed by atoms with E-state index in [1.165, 1.54) is 6.26 Å². The van der Waals surface area contributed by atoms with Crippen molar-refractivity contribution in [3.63, 3.8) is 0 Å². The lowest BCUT2D eigenvalue weighted by Gasteiger charge is -2.08. The molecule has 0 aliphatic heterocycles. The van der Waals surface area contributed by atoms with Gasteiger partial charge in [-0.25, -0.2) is 0 Å². The number of furan rings is 1. The molecule has 2 aromatic carbocycles. The van der Waals surface area contributed by atoms with Crippen molar-refractivity contribution < 1.29 is 23.5 Å². The number of carbonyl (C=O) groups is 3. The molecule has 1 heterocycles. The number of ether oxygens (including phenoxy) is 1. The monoisotopic (exact) mass is 366 g/mol. The van der Waals surface area contributed by atoms with E-state index in [4.69, 9.17) is 9.15 Å². The van der Waals surface area contributed by atoms with Gasteiger partial charge in [0.25, 0.3) is 11.8 Å². The Morgan fingerprint density at radius 3 is 2.59 bits per heavy atom. The number of esters is 1. The zero-order chi connectivity index (χ0) is 19.2. The van der Waals surface area contributed by atoms with E-state index < -0.39 is 24.4 Å². The summed E-state index contributed by atoms with van der Waals surface area (Å²) in [6.45, 7) is 1.45. The Hall–Kier alpha value is -3.61. The van der Waals surface area contributed by atoms with Gasteiger partial charge >= 0.3 is 5.97 Å². The minimum Gasteiger partial charge on any atom is -0.464 e. The highest BCUT2D eigenvalue weighted by molar-refractivity contribution is 5.95. The van der Waals surface area contributed by atoms with Crippen molar-refractivity contribution in [1.29, 1.82) is 0 Å². The lowest BCUT2D eigenvalue weighted by Crippen LogP contribution is -2.43. The number of hydrogen-bond donors (Lipinski definition) is 2. The molecule has 0 saturated heterocycles. The predicted molar refractivity (Wildman–Crippen MR) is 97.7 cm³/mol. The fourth-order valence-electron chi connectivity index (χ4n) is 2.50. The van der Waals surface area contributed by atoms with Crippen LogP contribution in [0.1, 0.15) is 21.5 Å². The average Bonchev–Trinajstić information content (AvgIpc) is 3.06. The smallest absolute Gasteiger partial charge is 0.310 e. The van der Waals surface area contributed by atoms with Gasteiger partial charge in [-0.15, -0.1) is 0 Å². The van der Waals surface area contributed by atoms with Crippen LogP contribution in [0.4, 0.5) is 0 Å². The van der Waals surface area contributed by atoms with E-state index in [2.05, 4.69) is 10.9 Å². The highest BCUT2D eigenvalue weighted by Gasteiger charge is 2.13. The van der Waals surface area contributed by atoms with Crippen LogP contribution in [-0.2, 0) is 20.7 Å². The number of hydrogen-bond acceptors (Lipinski definition) is 5. The lowest BCUT2D eigenvalue weighted by atomic mass is 10.1. The topological polar surface area (TPSA) is 97.6 Å². The van der Waals surface area contributed by atoms with Crippen LogP contribution in [0.25, 0.3) is 11.0 Å². The first-order valence-electron chi connectivity index (χ1n) is 8.29. The highest BCUT2D eigenvalue weighted by atomic mass is 16.5. The summed E-state index contributed by atoms with van der Waals surface area (Å²) in [5.41, 5.74) is 7.29. The van der Waals surface area contributed by atoms with Crippen molar-refractivity contribution in [2.45, 2.75) is 13.3 Å². The summed E-state index contributed by atoms with van der Waals surface area (Å²) in [7, 11) is 0. The summed E-state index contributed by atoms with van der Waals surface area (Å²) in [4.78, 5) is 35.5. The van der Waals surface area contributed by atoms with E-state index >= 15 is 0 Å². The first-order chi connectivity index (χ1) is 13.0. The van der Waals surface area contributed by atoms with Gasteiger partial charge < -0.3 is 9.15 Å². The number of hydrazine groups is 1. The minimum absolute atomic E-state index is 0.0142. The SMILES string of the molecule is Cc1ccc2c(CC(=O)OCC(=O)NNC(=O)c3ccccc3)coc2c1. The van der Waals surface area contributed by atoms with Gasteiger partial charge in [-0.1, -0.05) is 30.3 Å². The van der Waals surface area contributed by atoms with Crippen LogP contribution in [0.3, 0.4) is 0 Å². The van der Waals surface area contributed by atoms with Crippen LogP contribution < -0.4 is 10.9 Å². The zero-order valence-corrected chi connectivity index (χ0v) is 14.7. The van der Waals surface area contributed by atoms with E-state index in [9.17, 15) is 14.4 Å². The van der Waals surface area contributed by atoms with Gasteiger partial charge in [0.15, 0.2) is 6.61 Å². The van der Waals surface area contributed by atoms with Crippen LogP contribution in [0.15, 0.2) is 59.2 Å². The van der Waals surface area contributed by atoms with Crippen LogP contribution in [0.5, 0.6) is 0 Å². The first-order valence-corrected chi connectivity index (χ1v) is 8.29. The summed E-state index contributed by atoms with van der Waals surface area (Å²) >= 11 is 0. The molecular weight excluding hydrogens is 348 g/mol. The van der Waals surface area contributed by atoms with Crippen molar-refractivity contribution in [2.24, 2.45) is 0 Å². The molecule has 0 spiro atoms. The van der Waals surface area contributed by atoms with Crippen molar-refractivity contribution >= 4 is 28.8 Å². The maximum absolute atomic E-state index is 12.0. The van der Waals surface area contributed by atoms with Crippen LogP contribution in [-0.4, -0.2) is 24.4 Å². The third kappa shape index (κ3) is 4.72. The molecule has 0 aliphatic carbocycles. The molecule has 0 radical (unpaired) electrons. The van der Waals surface area contributed by atoms with E-state index in [0.29, 0.717) is 16.7 Å². The van der Waals surface area contributed by atoms with E-state index in [1.807, 2.05) is 25.1 Å².